The lowest BCUT2D eigenvalue weighted by atomic mass is 9.91. The van der Waals surface area contributed by atoms with Crippen LogP contribution in [-0.2, 0) is 17.8 Å². The van der Waals surface area contributed by atoms with Crippen molar-refractivity contribution in [1.82, 2.24) is 0 Å². The average molecular weight is 278 g/mol. The third-order valence-corrected chi connectivity index (χ3v) is 3.46. The SMILES string of the molecule is COc1c(C)c2c(c(O)c1C/C=C(\C)O)C(=O)COC2. The molecule has 108 valence electrons. The van der Waals surface area contributed by atoms with Crippen molar-refractivity contribution in [2.24, 2.45) is 0 Å². The van der Waals surface area contributed by atoms with Gasteiger partial charge < -0.3 is 19.7 Å². The monoisotopic (exact) mass is 278 g/mol. The van der Waals surface area contributed by atoms with Crippen LogP contribution in [0.1, 0.15) is 34.0 Å². The number of allylic oxidation sites excluding steroid dienone is 2. The second kappa shape index (κ2) is 5.54. The molecule has 0 aromatic heterocycles. The van der Waals surface area contributed by atoms with E-state index in [0.717, 1.165) is 5.56 Å². The van der Waals surface area contributed by atoms with E-state index in [1.54, 1.807) is 13.0 Å². The van der Waals surface area contributed by atoms with Gasteiger partial charge in [0, 0.05) is 12.0 Å². The van der Waals surface area contributed by atoms with E-state index in [1.807, 2.05) is 6.92 Å². The molecule has 20 heavy (non-hydrogen) atoms. The molecule has 0 saturated heterocycles. The topological polar surface area (TPSA) is 76.0 Å². The average Bonchev–Trinajstić information content (AvgIpc) is 2.40. The van der Waals surface area contributed by atoms with Crippen LogP contribution in [0.2, 0.25) is 0 Å². The number of aliphatic hydroxyl groups excluding tert-OH is 1. The Morgan fingerprint density at radius 1 is 1.45 bits per heavy atom. The molecule has 5 nitrogen and oxygen atoms in total. The van der Waals surface area contributed by atoms with Gasteiger partial charge in [-0.15, -0.1) is 0 Å². The van der Waals surface area contributed by atoms with Gasteiger partial charge in [-0.25, -0.2) is 0 Å². The standard InChI is InChI=1S/C15H18O5/c1-8(16)4-5-10-14(18)13-11(6-20-7-12(13)17)9(2)15(10)19-3/h4,16,18H,5-7H2,1-3H3/b8-4+. The number of aromatic hydroxyl groups is 1. The molecule has 0 bridgehead atoms. The van der Waals surface area contributed by atoms with Gasteiger partial charge >= 0.3 is 0 Å². The van der Waals surface area contributed by atoms with E-state index in [0.29, 0.717) is 28.9 Å². The number of aliphatic hydroxyl groups is 1. The molecule has 0 saturated carbocycles. The molecule has 0 spiro atoms. The number of benzene rings is 1. The lowest BCUT2D eigenvalue weighted by Crippen LogP contribution is -2.20. The smallest absolute Gasteiger partial charge is 0.192 e. The number of ketones is 1. The number of Topliss-reactive ketones (excluding diaryl/α,β-unsaturated/α-hetero) is 1. The summed E-state index contributed by atoms with van der Waals surface area (Å²) in [7, 11) is 1.51. The Labute approximate surface area is 117 Å². The summed E-state index contributed by atoms with van der Waals surface area (Å²) in [4.78, 5) is 12.0. The molecule has 1 aliphatic rings. The second-order valence-electron chi connectivity index (χ2n) is 4.80. The maximum Gasteiger partial charge on any atom is 0.192 e. The second-order valence-corrected chi connectivity index (χ2v) is 4.80. The molecule has 5 heteroatoms. The molecular formula is C15H18O5. The van der Waals surface area contributed by atoms with Crippen molar-refractivity contribution in [2.75, 3.05) is 13.7 Å². The number of methoxy groups -OCH3 is 1. The van der Waals surface area contributed by atoms with E-state index in [4.69, 9.17) is 9.47 Å². The summed E-state index contributed by atoms with van der Waals surface area (Å²) in [6, 6.07) is 0. The predicted molar refractivity (Wildman–Crippen MR) is 73.5 cm³/mol. The van der Waals surface area contributed by atoms with Gasteiger partial charge in [0.15, 0.2) is 5.78 Å². The van der Waals surface area contributed by atoms with Gasteiger partial charge in [-0.05, 0) is 31.1 Å². The van der Waals surface area contributed by atoms with Crippen LogP contribution in [0.25, 0.3) is 0 Å². The summed E-state index contributed by atoms with van der Waals surface area (Å²) in [5, 5.41) is 19.7. The Balaban J connectivity index is 2.67. The molecule has 2 N–H and O–H groups in total. The van der Waals surface area contributed by atoms with Gasteiger partial charge in [-0.2, -0.15) is 0 Å². The van der Waals surface area contributed by atoms with Crippen molar-refractivity contribution in [3.63, 3.8) is 0 Å². The first kappa shape index (κ1) is 14.4. The van der Waals surface area contributed by atoms with Crippen LogP contribution in [0.4, 0.5) is 0 Å². The number of carbonyl (C=O) groups is 1. The molecule has 1 aromatic rings. The van der Waals surface area contributed by atoms with Gasteiger partial charge in [0.2, 0.25) is 0 Å². The molecule has 1 aromatic carbocycles. The molecule has 2 rings (SSSR count). The largest absolute Gasteiger partial charge is 0.513 e. The van der Waals surface area contributed by atoms with Crippen molar-refractivity contribution in [1.29, 1.82) is 0 Å². The Morgan fingerprint density at radius 2 is 2.15 bits per heavy atom. The van der Waals surface area contributed by atoms with Crippen molar-refractivity contribution < 1.29 is 24.5 Å². The zero-order valence-electron chi connectivity index (χ0n) is 11.8. The fourth-order valence-corrected chi connectivity index (χ4v) is 2.47. The number of fused-ring (bicyclic) bond motifs is 1. The van der Waals surface area contributed by atoms with E-state index < -0.39 is 0 Å². The highest BCUT2D eigenvalue weighted by molar-refractivity contribution is 6.02. The Bertz CT molecular complexity index is 583. The summed E-state index contributed by atoms with van der Waals surface area (Å²) in [6.45, 7) is 3.64. The molecule has 1 heterocycles. The van der Waals surface area contributed by atoms with E-state index >= 15 is 0 Å². The third kappa shape index (κ3) is 2.36. The maximum absolute atomic E-state index is 12.0. The summed E-state index contributed by atoms with van der Waals surface area (Å²) < 4.78 is 10.6. The maximum atomic E-state index is 12.0. The zero-order valence-corrected chi connectivity index (χ0v) is 11.8. The van der Waals surface area contributed by atoms with Crippen LogP contribution in [0.3, 0.4) is 0 Å². The number of hydrogen-bond acceptors (Lipinski definition) is 5. The zero-order chi connectivity index (χ0) is 14.9. The molecule has 0 aliphatic carbocycles. The summed E-state index contributed by atoms with van der Waals surface area (Å²) in [5.41, 5.74) is 2.28. The van der Waals surface area contributed by atoms with E-state index in [9.17, 15) is 15.0 Å². The van der Waals surface area contributed by atoms with E-state index in [-0.39, 0.29) is 30.5 Å². The molecule has 0 radical (unpaired) electrons. The molecule has 0 unspecified atom stereocenters. The molecule has 0 atom stereocenters. The van der Waals surface area contributed by atoms with Crippen LogP contribution >= 0.6 is 0 Å². The highest BCUT2D eigenvalue weighted by Crippen LogP contribution is 2.40. The minimum absolute atomic E-state index is 0.0271. The first-order valence-corrected chi connectivity index (χ1v) is 6.35. The van der Waals surface area contributed by atoms with Crippen molar-refractivity contribution >= 4 is 5.78 Å². The number of phenols is 1. The van der Waals surface area contributed by atoms with Crippen LogP contribution in [-0.4, -0.2) is 29.7 Å². The Hall–Kier alpha value is -2.01. The quantitative estimate of drug-likeness (QED) is 0.830. The van der Waals surface area contributed by atoms with Crippen molar-refractivity contribution in [3.8, 4) is 11.5 Å². The van der Waals surface area contributed by atoms with Crippen LogP contribution in [0, 0.1) is 6.92 Å². The van der Waals surface area contributed by atoms with E-state index in [2.05, 4.69) is 0 Å². The van der Waals surface area contributed by atoms with Gasteiger partial charge in [-0.1, -0.05) is 0 Å². The number of phenolic OH excluding ortho intramolecular Hbond substituents is 1. The van der Waals surface area contributed by atoms with E-state index in [1.165, 1.54) is 7.11 Å². The third-order valence-electron chi connectivity index (χ3n) is 3.46. The number of ether oxygens (including phenoxy) is 2. The molecule has 0 fully saturated rings. The summed E-state index contributed by atoms with van der Waals surface area (Å²) >= 11 is 0. The fourth-order valence-electron chi connectivity index (χ4n) is 2.47. The Kier molecular flexibility index (Phi) is 3.99. The highest BCUT2D eigenvalue weighted by Gasteiger charge is 2.28. The first-order valence-electron chi connectivity index (χ1n) is 6.35. The van der Waals surface area contributed by atoms with Gasteiger partial charge in [0.1, 0.15) is 18.1 Å². The summed E-state index contributed by atoms with van der Waals surface area (Å²) in [5.74, 6) is 0.363. The van der Waals surface area contributed by atoms with Gasteiger partial charge in [-0.3, -0.25) is 4.79 Å². The molecule has 0 amide bonds. The molecule has 1 aliphatic heterocycles. The van der Waals surface area contributed by atoms with Crippen molar-refractivity contribution in [3.05, 3.63) is 34.1 Å². The number of hydrogen-bond donors (Lipinski definition) is 2. The minimum Gasteiger partial charge on any atom is -0.513 e. The van der Waals surface area contributed by atoms with Gasteiger partial charge in [0.25, 0.3) is 0 Å². The van der Waals surface area contributed by atoms with Crippen LogP contribution in [0.15, 0.2) is 11.8 Å². The van der Waals surface area contributed by atoms with Crippen molar-refractivity contribution in [2.45, 2.75) is 26.9 Å². The normalized spacial score (nSPS) is 15.2. The number of rotatable bonds is 3. The lowest BCUT2D eigenvalue weighted by Gasteiger charge is -2.23. The van der Waals surface area contributed by atoms with Crippen LogP contribution < -0.4 is 4.74 Å². The fraction of sp³-hybridized carbons (Fsp3) is 0.400. The highest BCUT2D eigenvalue weighted by atomic mass is 16.5. The summed E-state index contributed by atoms with van der Waals surface area (Å²) in [6.07, 6.45) is 1.85. The lowest BCUT2D eigenvalue weighted by molar-refractivity contribution is 0.0658. The van der Waals surface area contributed by atoms with Gasteiger partial charge in [0.05, 0.1) is 25.0 Å². The first-order chi connectivity index (χ1) is 9.47. The minimum atomic E-state index is -0.236. The Morgan fingerprint density at radius 3 is 2.75 bits per heavy atom. The predicted octanol–water partition coefficient (Wildman–Crippen LogP) is 2.43. The number of carbonyl (C=O) groups excluding carboxylic acids is 1. The van der Waals surface area contributed by atoms with Crippen LogP contribution in [0.5, 0.6) is 11.5 Å². The molecular weight excluding hydrogens is 260 g/mol.